The first kappa shape index (κ1) is 13.7. The SMILES string of the molecule is NC(=O)C1CCN(c2cccc(C(F)(F)F)c2)CC1. The number of piperidine rings is 1. The van der Waals surface area contributed by atoms with Gasteiger partial charge in [0.2, 0.25) is 5.91 Å². The molecule has 2 rings (SSSR count). The molecule has 2 N–H and O–H groups in total. The molecule has 0 saturated carbocycles. The standard InChI is InChI=1S/C13H15F3N2O/c14-13(15,16)10-2-1-3-11(8-10)18-6-4-9(5-7-18)12(17)19/h1-3,8-9H,4-7H2,(H2,17,19). The zero-order valence-electron chi connectivity index (χ0n) is 10.3. The number of amides is 1. The van der Waals surface area contributed by atoms with Crippen molar-refractivity contribution in [3.63, 3.8) is 0 Å². The third-order valence-electron chi connectivity index (χ3n) is 3.44. The molecule has 6 heteroatoms. The number of hydrogen-bond acceptors (Lipinski definition) is 2. The topological polar surface area (TPSA) is 46.3 Å². The summed E-state index contributed by atoms with van der Waals surface area (Å²) < 4.78 is 37.9. The van der Waals surface area contributed by atoms with E-state index in [1.165, 1.54) is 6.07 Å². The van der Waals surface area contributed by atoms with Crippen molar-refractivity contribution in [1.29, 1.82) is 0 Å². The van der Waals surface area contributed by atoms with Crippen LogP contribution in [0.2, 0.25) is 0 Å². The highest BCUT2D eigenvalue weighted by Gasteiger charge is 2.31. The van der Waals surface area contributed by atoms with Crippen molar-refractivity contribution in [1.82, 2.24) is 0 Å². The van der Waals surface area contributed by atoms with Crippen LogP contribution in [0.4, 0.5) is 18.9 Å². The van der Waals surface area contributed by atoms with Gasteiger partial charge in [-0.15, -0.1) is 0 Å². The van der Waals surface area contributed by atoms with Gasteiger partial charge in [-0.1, -0.05) is 6.07 Å². The maximum Gasteiger partial charge on any atom is 0.416 e. The normalized spacial score (nSPS) is 17.5. The lowest BCUT2D eigenvalue weighted by molar-refractivity contribution is -0.137. The van der Waals surface area contributed by atoms with E-state index in [0.29, 0.717) is 31.6 Å². The summed E-state index contributed by atoms with van der Waals surface area (Å²) in [6.07, 6.45) is -3.15. The third kappa shape index (κ3) is 3.19. The number of carbonyl (C=O) groups is 1. The van der Waals surface area contributed by atoms with Gasteiger partial charge in [-0.25, -0.2) is 0 Å². The highest BCUT2D eigenvalue weighted by molar-refractivity contribution is 5.77. The smallest absolute Gasteiger partial charge is 0.371 e. The number of halogens is 3. The largest absolute Gasteiger partial charge is 0.416 e. The first-order valence-corrected chi connectivity index (χ1v) is 6.09. The maximum absolute atomic E-state index is 12.6. The summed E-state index contributed by atoms with van der Waals surface area (Å²) in [6, 6.07) is 5.25. The van der Waals surface area contributed by atoms with Gasteiger partial charge in [-0.2, -0.15) is 13.2 Å². The van der Waals surface area contributed by atoms with Crippen LogP contribution >= 0.6 is 0 Å². The molecular weight excluding hydrogens is 257 g/mol. The van der Waals surface area contributed by atoms with Crippen molar-refractivity contribution in [2.45, 2.75) is 19.0 Å². The fourth-order valence-corrected chi connectivity index (χ4v) is 2.30. The Kier molecular flexibility index (Phi) is 3.68. The molecule has 1 aliphatic rings. The number of anilines is 1. The van der Waals surface area contributed by atoms with Gasteiger partial charge in [0, 0.05) is 24.7 Å². The molecule has 0 aliphatic carbocycles. The second kappa shape index (κ2) is 5.11. The number of carbonyl (C=O) groups excluding carboxylic acids is 1. The van der Waals surface area contributed by atoms with Crippen molar-refractivity contribution < 1.29 is 18.0 Å². The number of primary amides is 1. The van der Waals surface area contributed by atoms with Gasteiger partial charge in [0.25, 0.3) is 0 Å². The Bertz CT molecular complexity index is 465. The second-order valence-electron chi connectivity index (χ2n) is 4.71. The number of rotatable bonds is 2. The summed E-state index contributed by atoms with van der Waals surface area (Å²) in [5, 5.41) is 0. The molecule has 1 saturated heterocycles. The van der Waals surface area contributed by atoms with E-state index in [1.807, 2.05) is 4.90 Å². The van der Waals surface area contributed by atoms with E-state index in [9.17, 15) is 18.0 Å². The van der Waals surface area contributed by atoms with Gasteiger partial charge >= 0.3 is 6.18 Å². The Morgan fingerprint density at radius 2 is 1.89 bits per heavy atom. The number of nitrogens with zero attached hydrogens (tertiary/aromatic N) is 1. The van der Waals surface area contributed by atoms with Crippen molar-refractivity contribution in [3.05, 3.63) is 29.8 Å². The molecule has 1 heterocycles. The summed E-state index contributed by atoms with van der Waals surface area (Å²) >= 11 is 0. The van der Waals surface area contributed by atoms with Gasteiger partial charge in [-0.05, 0) is 31.0 Å². The molecule has 0 spiro atoms. The van der Waals surface area contributed by atoms with Crippen molar-refractivity contribution >= 4 is 11.6 Å². The van der Waals surface area contributed by atoms with Crippen LogP contribution in [-0.2, 0) is 11.0 Å². The zero-order valence-corrected chi connectivity index (χ0v) is 10.3. The molecule has 0 aromatic heterocycles. The minimum absolute atomic E-state index is 0.165. The van der Waals surface area contributed by atoms with Gasteiger partial charge in [-0.3, -0.25) is 4.79 Å². The highest BCUT2D eigenvalue weighted by atomic mass is 19.4. The van der Waals surface area contributed by atoms with Crippen LogP contribution in [-0.4, -0.2) is 19.0 Å². The minimum atomic E-state index is -4.33. The van der Waals surface area contributed by atoms with E-state index in [4.69, 9.17) is 5.73 Å². The number of benzene rings is 1. The Labute approximate surface area is 109 Å². The van der Waals surface area contributed by atoms with E-state index in [2.05, 4.69) is 0 Å². The quantitative estimate of drug-likeness (QED) is 0.898. The maximum atomic E-state index is 12.6. The van der Waals surface area contributed by atoms with Crippen LogP contribution in [0.15, 0.2) is 24.3 Å². The van der Waals surface area contributed by atoms with Gasteiger partial charge in [0.15, 0.2) is 0 Å². The molecular formula is C13H15F3N2O. The van der Waals surface area contributed by atoms with Crippen LogP contribution < -0.4 is 10.6 Å². The minimum Gasteiger partial charge on any atom is -0.371 e. The summed E-state index contributed by atoms with van der Waals surface area (Å²) in [5.41, 5.74) is 5.11. The average molecular weight is 272 g/mol. The monoisotopic (exact) mass is 272 g/mol. The molecule has 1 aromatic rings. The molecule has 0 atom stereocenters. The third-order valence-corrected chi connectivity index (χ3v) is 3.44. The van der Waals surface area contributed by atoms with Crippen molar-refractivity contribution in [2.75, 3.05) is 18.0 Å². The molecule has 3 nitrogen and oxygen atoms in total. The lowest BCUT2D eigenvalue weighted by Crippen LogP contribution is -2.38. The fourth-order valence-electron chi connectivity index (χ4n) is 2.30. The Morgan fingerprint density at radius 3 is 2.42 bits per heavy atom. The Balaban J connectivity index is 2.10. The van der Waals surface area contributed by atoms with Crippen LogP contribution in [0.3, 0.4) is 0 Å². The van der Waals surface area contributed by atoms with E-state index >= 15 is 0 Å². The molecule has 0 bridgehead atoms. The predicted octanol–water partition coefficient (Wildman–Crippen LogP) is 2.41. The summed E-state index contributed by atoms with van der Waals surface area (Å²) in [5.74, 6) is -0.495. The van der Waals surface area contributed by atoms with Crippen LogP contribution in [0.25, 0.3) is 0 Å². The number of hydrogen-bond donors (Lipinski definition) is 1. The molecule has 1 fully saturated rings. The predicted molar refractivity (Wildman–Crippen MR) is 65.6 cm³/mol. The van der Waals surface area contributed by atoms with Gasteiger partial charge in [0.05, 0.1) is 5.56 Å². The zero-order chi connectivity index (χ0) is 14.0. The first-order chi connectivity index (χ1) is 8.88. The molecule has 1 amide bonds. The summed E-state index contributed by atoms with van der Waals surface area (Å²) in [4.78, 5) is 12.9. The molecule has 0 unspecified atom stereocenters. The Morgan fingerprint density at radius 1 is 1.26 bits per heavy atom. The molecule has 104 valence electrons. The average Bonchev–Trinajstić information content (AvgIpc) is 2.38. The van der Waals surface area contributed by atoms with E-state index in [0.717, 1.165) is 12.1 Å². The van der Waals surface area contributed by atoms with Crippen LogP contribution in [0.5, 0.6) is 0 Å². The summed E-state index contributed by atoms with van der Waals surface area (Å²) in [7, 11) is 0. The van der Waals surface area contributed by atoms with Crippen molar-refractivity contribution in [3.8, 4) is 0 Å². The van der Waals surface area contributed by atoms with Gasteiger partial charge in [0.1, 0.15) is 0 Å². The summed E-state index contributed by atoms with van der Waals surface area (Å²) in [6.45, 7) is 1.10. The van der Waals surface area contributed by atoms with Crippen LogP contribution in [0.1, 0.15) is 18.4 Å². The number of alkyl halides is 3. The first-order valence-electron chi connectivity index (χ1n) is 6.09. The molecule has 19 heavy (non-hydrogen) atoms. The fraction of sp³-hybridized carbons (Fsp3) is 0.462. The number of nitrogens with two attached hydrogens (primary N) is 1. The van der Waals surface area contributed by atoms with Crippen molar-refractivity contribution in [2.24, 2.45) is 11.7 Å². The lowest BCUT2D eigenvalue weighted by atomic mass is 9.96. The molecule has 1 aromatic carbocycles. The van der Waals surface area contributed by atoms with Crippen LogP contribution in [0, 0.1) is 5.92 Å². The van der Waals surface area contributed by atoms with E-state index in [1.54, 1.807) is 6.07 Å². The van der Waals surface area contributed by atoms with Gasteiger partial charge < -0.3 is 10.6 Å². The van der Waals surface area contributed by atoms with E-state index < -0.39 is 11.7 Å². The molecule has 0 radical (unpaired) electrons. The molecule has 1 aliphatic heterocycles. The second-order valence-corrected chi connectivity index (χ2v) is 4.71. The lowest BCUT2D eigenvalue weighted by Gasteiger charge is -2.32. The highest BCUT2D eigenvalue weighted by Crippen LogP contribution is 2.32. The Hall–Kier alpha value is -1.72. The van der Waals surface area contributed by atoms with E-state index in [-0.39, 0.29) is 11.8 Å².